The van der Waals surface area contributed by atoms with Crippen LogP contribution in [0.25, 0.3) is 11.0 Å². The monoisotopic (exact) mass is 341 g/mol. The average Bonchev–Trinajstić information content (AvgIpc) is 3.12. The molecular weight excluding hydrogens is 322 g/mol. The number of nitrogens with zero attached hydrogens (tertiary/aromatic N) is 3. The molecule has 0 N–H and O–H groups in total. The van der Waals surface area contributed by atoms with Gasteiger partial charge in [-0.25, -0.2) is 4.98 Å². The highest BCUT2D eigenvalue weighted by atomic mass is 16.6. The molecule has 0 atom stereocenters. The molecule has 0 fully saturated rings. The van der Waals surface area contributed by atoms with Crippen molar-refractivity contribution < 1.29 is 4.84 Å². The second-order valence-corrected chi connectivity index (χ2v) is 6.02. The number of aromatic nitrogens is 2. The molecule has 1 aromatic heterocycles. The fourth-order valence-electron chi connectivity index (χ4n) is 2.86. The fourth-order valence-corrected chi connectivity index (χ4v) is 2.86. The Hall–Kier alpha value is -3.40. The molecule has 0 aliphatic rings. The fraction of sp³-hybridized carbons (Fsp3) is 0.0909. The summed E-state index contributed by atoms with van der Waals surface area (Å²) in [6.45, 7) is 1.04. The molecule has 4 heteroatoms. The Morgan fingerprint density at radius 1 is 0.846 bits per heavy atom. The third-order valence-electron chi connectivity index (χ3n) is 4.20. The second-order valence-electron chi connectivity index (χ2n) is 6.02. The van der Waals surface area contributed by atoms with Gasteiger partial charge in [0.1, 0.15) is 12.3 Å². The molecule has 0 spiro atoms. The van der Waals surface area contributed by atoms with Gasteiger partial charge in [-0.2, -0.15) is 0 Å². The van der Waals surface area contributed by atoms with Gasteiger partial charge in [0, 0.05) is 5.56 Å². The van der Waals surface area contributed by atoms with E-state index < -0.39 is 0 Å². The third-order valence-corrected chi connectivity index (χ3v) is 4.20. The normalized spacial score (nSPS) is 11.6. The molecule has 1 heterocycles. The minimum Gasteiger partial charge on any atom is -0.391 e. The maximum atomic E-state index is 5.65. The third kappa shape index (κ3) is 3.64. The summed E-state index contributed by atoms with van der Waals surface area (Å²) >= 11 is 0. The summed E-state index contributed by atoms with van der Waals surface area (Å²) in [7, 11) is 0. The highest BCUT2D eigenvalue weighted by Gasteiger charge is 2.09. The number of hydrogen-bond donors (Lipinski definition) is 0. The van der Waals surface area contributed by atoms with E-state index in [0.29, 0.717) is 13.2 Å². The first-order chi connectivity index (χ1) is 12.9. The standard InChI is InChI=1S/C22H19N3O/c1-3-9-18(10-4-1)16-26-24-21(19-11-5-2-6-12-19)15-25-17-23-20-13-7-8-14-22(20)25/h1-14,17H,15-16H2/b24-21-. The predicted molar refractivity (Wildman–Crippen MR) is 104 cm³/mol. The van der Waals surface area contributed by atoms with Crippen LogP contribution in [0, 0.1) is 0 Å². The largest absolute Gasteiger partial charge is 0.391 e. The van der Waals surface area contributed by atoms with Gasteiger partial charge in [0.05, 0.1) is 23.9 Å². The summed E-state index contributed by atoms with van der Waals surface area (Å²) in [5.41, 5.74) is 5.06. The van der Waals surface area contributed by atoms with Crippen molar-refractivity contribution in [1.29, 1.82) is 0 Å². The number of benzene rings is 3. The van der Waals surface area contributed by atoms with E-state index >= 15 is 0 Å². The van der Waals surface area contributed by atoms with E-state index in [-0.39, 0.29) is 0 Å². The number of hydrogen-bond acceptors (Lipinski definition) is 3. The number of oxime groups is 1. The topological polar surface area (TPSA) is 39.4 Å². The zero-order chi connectivity index (χ0) is 17.6. The Balaban J connectivity index is 1.60. The SMILES string of the molecule is c1ccc(CO/N=C(/Cn2cnc3ccccc32)c2ccccc2)cc1. The van der Waals surface area contributed by atoms with Crippen molar-refractivity contribution in [1.82, 2.24) is 9.55 Å². The number of rotatable bonds is 6. The first kappa shape index (κ1) is 16.1. The molecule has 4 nitrogen and oxygen atoms in total. The van der Waals surface area contributed by atoms with Gasteiger partial charge in [-0.1, -0.05) is 78.0 Å². The Bertz CT molecular complexity index is 1010. The molecule has 0 saturated carbocycles. The molecule has 0 saturated heterocycles. The first-order valence-corrected chi connectivity index (χ1v) is 8.58. The van der Waals surface area contributed by atoms with Crippen LogP contribution in [0.4, 0.5) is 0 Å². The quantitative estimate of drug-likeness (QED) is 0.378. The lowest BCUT2D eigenvalue weighted by molar-refractivity contribution is 0.130. The molecule has 26 heavy (non-hydrogen) atoms. The van der Waals surface area contributed by atoms with Crippen molar-refractivity contribution >= 4 is 16.7 Å². The van der Waals surface area contributed by atoms with E-state index in [0.717, 1.165) is 27.9 Å². The minimum absolute atomic E-state index is 0.446. The van der Waals surface area contributed by atoms with Gasteiger partial charge in [-0.05, 0) is 17.7 Å². The van der Waals surface area contributed by atoms with E-state index in [1.54, 1.807) is 0 Å². The number of para-hydroxylation sites is 2. The minimum atomic E-state index is 0.446. The molecule has 3 aromatic carbocycles. The number of imidazole rings is 1. The van der Waals surface area contributed by atoms with Crippen LogP contribution in [0.2, 0.25) is 0 Å². The van der Waals surface area contributed by atoms with Gasteiger partial charge < -0.3 is 9.40 Å². The van der Waals surface area contributed by atoms with Crippen LogP contribution in [-0.4, -0.2) is 15.3 Å². The van der Waals surface area contributed by atoms with Crippen molar-refractivity contribution in [3.8, 4) is 0 Å². The van der Waals surface area contributed by atoms with Gasteiger partial charge >= 0.3 is 0 Å². The lowest BCUT2D eigenvalue weighted by Crippen LogP contribution is -2.11. The van der Waals surface area contributed by atoms with E-state index in [1.807, 2.05) is 85.2 Å². The van der Waals surface area contributed by atoms with E-state index in [4.69, 9.17) is 4.84 Å². The highest BCUT2D eigenvalue weighted by molar-refractivity contribution is 6.00. The highest BCUT2D eigenvalue weighted by Crippen LogP contribution is 2.14. The summed E-state index contributed by atoms with van der Waals surface area (Å²) < 4.78 is 2.09. The van der Waals surface area contributed by atoms with Gasteiger partial charge in [0.15, 0.2) is 0 Å². The molecule has 0 aliphatic carbocycles. The Labute approximate surface area is 152 Å². The number of fused-ring (bicyclic) bond motifs is 1. The summed E-state index contributed by atoms with van der Waals surface area (Å²) in [5.74, 6) is 0. The van der Waals surface area contributed by atoms with Gasteiger partial charge in [0.2, 0.25) is 0 Å². The van der Waals surface area contributed by atoms with Crippen molar-refractivity contribution in [2.75, 3.05) is 0 Å². The zero-order valence-electron chi connectivity index (χ0n) is 14.3. The Morgan fingerprint density at radius 3 is 2.35 bits per heavy atom. The molecule has 0 bridgehead atoms. The lowest BCUT2D eigenvalue weighted by atomic mass is 10.1. The van der Waals surface area contributed by atoms with Crippen LogP contribution in [0.5, 0.6) is 0 Å². The van der Waals surface area contributed by atoms with E-state index in [9.17, 15) is 0 Å². The van der Waals surface area contributed by atoms with Crippen LogP contribution >= 0.6 is 0 Å². The lowest BCUT2D eigenvalue weighted by Gasteiger charge is -2.09. The van der Waals surface area contributed by atoms with Crippen molar-refractivity contribution in [3.05, 3.63) is 102 Å². The maximum Gasteiger partial charge on any atom is 0.142 e. The molecular formula is C22H19N3O. The van der Waals surface area contributed by atoms with Crippen LogP contribution in [0.3, 0.4) is 0 Å². The van der Waals surface area contributed by atoms with Crippen molar-refractivity contribution in [2.24, 2.45) is 5.16 Å². The smallest absolute Gasteiger partial charge is 0.142 e. The summed E-state index contributed by atoms with van der Waals surface area (Å²) in [4.78, 5) is 10.1. The zero-order valence-corrected chi connectivity index (χ0v) is 14.3. The van der Waals surface area contributed by atoms with Crippen molar-refractivity contribution in [2.45, 2.75) is 13.2 Å². The summed E-state index contributed by atoms with van der Waals surface area (Å²) in [6.07, 6.45) is 1.85. The van der Waals surface area contributed by atoms with Crippen molar-refractivity contribution in [3.63, 3.8) is 0 Å². The molecule has 0 radical (unpaired) electrons. The second kappa shape index (κ2) is 7.66. The molecule has 0 aliphatic heterocycles. The molecule has 128 valence electrons. The van der Waals surface area contributed by atoms with Gasteiger partial charge in [-0.15, -0.1) is 0 Å². The summed E-state index contributed by atoms with van der Waals surface area (Å²) in [5, 5.41) is 4.44. The molecule has 0 amide bonds. The van der Waals surface area contributed by atoms with Gasteiger partial charge in [0.25, 0.3) is 0 Å². The van der Waals surface area contributed by atoms with E-state index in [2.05, 4.69) is 20.8 Å². The van der Waals surface area contributed by atoms with Crippen LogP contribution < -0.4 is 0 Å². The molecule has 4 aromatic rings. The van der Waals surface area contributed by atoms with E-state index in [1.165, 1.54) is 0 Å². The predicted octanol–water partition coefficient (Wildman–Crippen LogP) is 4.66. The van der Waals surface area contributed by atoms with Crippen LogP contribution in [-0.2, 0) is 18.0 Å². The molecule has 0 unspecified atom stereocenters. The van der Waals surface area contributed by atoms with Gasteiger partial charge in [-0.3, -0.25) is 0 Å². The first-order valence-electron chi connectivity index (χ1n) is 8.58. The average molecular weight is 341 g/mol. The summed E-state index contributed by atoms with van der Waals surface area (Å²) in [6, 6.07) is 28.2. The maximum absolute atomic E-state index is 5.65. The Morgan fingerprint density at radius 2 is 1.54 bits per heavy atom. The molecule has 4 rings (SSSR count). The van der Waals surface area contributed by atoms with Crippen LogP contribution in [0.1, 0.15) is 11.1 Å². The van der Waals surface area contributed by atoms with Crippen LogP contribution in [0.15, 0.2) is 96.4 Å². The Kier molecular flexibility index (Phi) is 4.74.